The molecule has 9 heteroatoms. The van der Waals surface area contributed by atoms with Crippen LogP contribution in [0.1, 0.15) is 35.3 Å². The third-order valence-corrected chi connectivity index (χ3v) is 4.83. The van der Waals surface area contributed by atoms with Crippen molar-refractivity contribution in [2.75, 3.05) is 20.8 Å². The fourth-order valence-corrected chi connectivity index (χ4v) is 3.32. The number of primary amides is 1. The van der Waals surface area contributed by atoms with Crippen LogP contribution >= 0.6 is 11.3 Å². The van der Waals surface area contributed by atoms with E-state index in [9.17, 15) is 9.90 Å². The van der Waals surface area contributed by atoms with Crippen LogP contribution in [0.15, 0.2) is 5.38 Å². The summed E-state index contributed by atoms with van der Waals surface area (Å²) in [5.41, 5.74) is 5.78. The molecule has 142 valence electrons. The fraction of sp³-hybridized carbons (Fsp3) is 0.471. The predicted octanol–water partition coefficient (Wildman–Crippen LogP) is 1.98. The van der Waals surface area contributed by atoms with Gasteiger partial charge in [0.1, 0.15) is 11.4 Å². The van der Waals surface area contributed by atoms with Crippen molar-refractivity contribution in [3.63, 3.8) is 0 Å². The van der Waals surface area contributed by atoms with Crippen molar-refractivity contribution in [3.05, 3.63) is 16.1 Å². The Bertz CT molecular complexity index is 778. The molecule has 0 aromatic carbocycles. The maximum atomic E-state index is 11.6. The number of aliphatic hydroxyl groups excluding tert-OH is 1. The molecule has 4 N–H and O–H groups in total. The van der Waals surface area contributed by atoms with Gasteiger partial charge in [0.05, 0.1) is 19.2 Å². The van der Waals surface area contributed by atoms with Crippen molar-refractivity contribution in [1.29, 1.82) is 0 Å². The van der Waals surface area contributed by atoms with E-state index in [4.69, 9.17) is 20.3 Å². The number of pyridine rings is 1. The Labute approximate surface area is 155 Å². The summed E-state index contributed by atoms with van der Waals surface area (Å²) < 4.78 is 10.5. The van der Waals surface area contributed by atoms with Gasteiger partial charge in [0.15, 0.2) is 17.2 Å². The molecule has 2 rings (SSSR count). The van der Waals surface area contributed by atoms with Crippen molar-refractivity contribution in [3.8, 4) is 28.6 Å². The fourth-order valence-electron chi connectivity index (χ4n) is 2.49. The smallest absolute Gasteiger partial charge is 0.271 e. The van der Waals surface area contributed by atoms with Gasteiger partial charge in [-0.2, -0.15) is 0 Å². The Morgan fingerprint density at radius 2 is 2.00 bits per heavy atom. The molecule has 0 bridgehead atoms. The van der Waals surface area contributed by atoms with Crippen LogP contribution in [0.4, 0.5) is 0 Å². The Kier molecular flexibility index (Phi) is 6.76. The van der Waals surface area contributed by atoms with Gasteiger partial charge >= 0.3 is 0 Å². The number of ether oxygens (including phenoxy) is 2. The van der Waals surface area contributed by atoms with Crippen LogP contribution in [0.3, 0.4) is 0 Å². The number of thiazole rings is 1. The number of carbonyl (C=O) groups excluding carboxylic acids is 1. The van der Waals surface area contributed by atoms with E-state index in [2.05, 4.69) is 9.97 Å². The minimum atomic E-state index is -0.877. The summed E-state index contributed by atoms with van der Waals surface area (Å²) in [5, 5.41) is 21.9. The summed E-state index contributed by atoms with van der Waals surface area (Å²) in [6.45, 7) is 2.17. The van der Waals surface area contributed by atoms with Gasteiger partial charge in [-0.3, -0.25) is 4.79 Å². The van der Waals surface area contributed by atoms with Gasteiger partial charge in [0, 0.05) is 12.0 Å². The van der Waals surface area contributed by atoms with Gasteiger partial charge < -0.3 is 25.4 Å². The van der Waals surface area contributed by atoms with Crippen LogP contribution < -0.4 is 15.2 Å². The number of nitrogens with zero attached hydrogens (tertiary/aromatic N) is 2. The molecule has 2 heterocycles. The third-order valence-electron chi connectivity index (χ3n) is 3.92. The van der Waals surface area contributed by atoms with Crippen LogP contribution in [0.25, 0.3) is 11.4 Å². The monoisotopic (exact) mass is 381 g/mol. The second kappa shape index (κ2) is 8.81. The number of aliphatic hydroxyl groups is 1. The Balaban J connectivity index is 2.36. The molecule has 0 spiro atoms. The van der Waals surface area contributed by atoms with Crippen molar-refractivity contribution in [1.82, 2.24) is 9.97 Å². The predicted molar refractivity (Wildman–Crippen MR) is 97.8 cm³/mol. The molecule has 1 amide bonds. The van der Waals surface area contributed by atoms with Crippen molar-refractivity contribution >= 4 is 17.2 Å². The van der Waals surface area contributed by atoms with E-state index < -0.39 is 11.7 Å². The highest BCUT2D eigenvalue weighted by Gasteiger charge is 2.26. The lowest BCUT2D eigenvalue weighted by molar-refractivity contribution is 0.0992. The molecule has 0 aliphatic carbocycles. The average molecular weight is 381 g/mol. The largest absolute Gasteiger partial charge is 0.503 e. The maximum absolute atomic E-state index is 11.6. The van der Waals surface area contributed by atoms with Crippen molar-refractivity contribution < 1.29 is 24.5 Å². The van der Waals surface area contributed by atoms with E-state index in [1.807, 2.05) is 6.92 Å². The normalized spacial score (nSPS) is 12.0. The molecule has 0 radical (unpaired) electrons. The van der Waals surface area contributed by atoms with Gasteiger partial charge in [0.2, 0.25) is 5.75 Å². The molecule has 0 saturated heterocycles. The van der Waals surface area contributed by atoms with Gasteiger partial charge in [-0.25, -0.2) is 9.97 Å². The van der Waals surface area contributed by atoms with E-state index in [0.717, 1.165) is 24.3 Å². The highest BCUT2D eigenvalue weighted by atomic mass is 32.1. The average Bonchev–Trinajstić information content (AvgIpc) is 3.09. The molecular weight excluding hydrogens is 358 g/mol. The highest BCUT2D eigenvalue weighted by Crippen LogP contribution is 2.44. The molecule has 8 nitrogen and oxygen atoms in total. The molecule has 2 aromatic rings. The number of hydrogen-bond acceptors (Lipinski definition) is 8. The highest BCUT2D eigenvalue weighted by molar-refractivity contribution is 7.09. The molecule has 0 aliphatic rings. The molecule has 1 unspecified atom stereocenters. The second-order valence-corrected chi connectivity index (χ2v) is 6.84. The second-order valence-electron chi connectivity index (χ2n) is 5.89. The number of hydrogen-bond donors (Lipinski definition) is 3. The zero-order valence-corrected chi connectivity index (χ0v) is 15.8. The summed E-state index contributed by atoms with van der Waals surface area (Å²) >= 11 is 1.47. The van der Waals surface area contributed by atoms with Crippen molar-refractivity contribution in [2.45, 2.75) is 26.2 Å². The number of nitrogens with two attached hydrogens (primary N) is 1. The first-order chi connectivity index (χ1) is 12.4. The van der Waals surface area contributed by atoms with Crippen LogP contribution in [0, 0.1) is 5.92 Å². The van der Waals surface area contributed by atoms with E-state index in [1.54, 1.807) is 5.38 Å². The van der Waals surface area contributed by atoms with Crippen molar-refractivity contribution in [2.24, 2.45) is 11.7 Å². The maximum Gasteiger partial charge on any atom is 0.271 e. The Hall–Kier alpha value is -2.39. The molecule has 2 aromatic heterocycles. The lowest BCUT2D eigenvalue weighted by Crippen LogP contribution is -2.15. The molecule has 0 fully saturated rings. The van der Waals surface area contributed by atoms with Gasteiger partial charge in [-0.15, -0.1) is 11.3 Å². The number of aromatic hydroxyl groups is 1. The van der Waals surface area contributed by atoms with Gasteiger partial charge in [-0.1, -0.05) is 6.92 Å². The molecule has 26 heavy (non-hydrogen) atoms. The molecule has 0 aliphatic heterocycles. The zero-order valence-electron chi connectivity index (χ0n) is 15.0. The first kappa shape index (κ1) is 19.9. The van der Waals surface area contributed by atoms with E-state index in [-0.39, 0.29) is 35.4 Å². The molecular formula is C17H23N3O5S. The van der Waals surface area contributed by atoms with Gasteiger partial charge in [-0.05, 0) is 25.2 Å². The summed E-state index contributed by atoms with van der Waals surface area (Å²) in [6, 6.07) is 0. The van der Waals surface area contributed by atoms with Crippen LogP contribution in [0.5, 0.6) is 17.2 Å². The number of aryl methyl sites for hydroxylation is 1. The van der Waals surface area contributed by atoms with E-state index >= 15 is 0 Å². The van der Waals surface area contributed by atoms with Gasteiger partial charge in [0.25, 0.3) is 5.91 Å². The zero-order chi connectivity index (χ0) is 19.3. The minimum absolute atomic E-state index is 0.0161. The van der Waals surface area contributed by atoms with Crippen LogP contribution in [-0.2, 0) is 6.42 Å². The first-order valence-electron chi connectivity index (χ1n) is 8.13. The minimum Gasteiger partial charge on any atom is -0.503 e. The lowest BCUT2D eigenvalue weighted by Gasteiger charge is -2.14. The topological polar surface area (TPSA) is 128 Å². The van der Waals surface area contributed by atoms with E-state index in [1.165, 1.54) is 25.6 Å². The number of rotatable bonds is 9. The van der Waals surface area contributed by atoms with Crippen LogP contribution in [0.2, 0.25) is 0 Å². The van der Waals surface area contributed by atoms with Crippen LogP contribution in [-0.4, -0.2) is 46.9 Å². The number of carbonyl (C=O) groups is 1. The van der Waals surface area contributed by atoms with E-state index in [0.29, 0.717) is 5.69 Å². The molecule has 1 atom stereocenters. The SMILES string of the molecule is COc1c(-c2csc(CCCC(C)CO)n2)nc(C(N)=O)c(O)c1OC. The first-order valence-corrected chi connectivity index (χ1v) is 9.01. The molecule has 0 saturated carbocycles. The summed E-state index contributed by atoms with van der Waals surface area (Å²) in [5.74, 6) is -0.916. The number of methoxy groups -OCH3 is 2. The third kappa shape index (κ3) is 4.23. The number of aromatic nitrogens is 2. The number of amides is 1. The summed E-state index contributed by atoms with van der Waals surface area (Å²) in [6.07, 6.45) is 2.59. The standard InChI is InChI=1S/C17H23N3O5S/c1-9(7-21)5-4-6-11-19-10(8-26-11)12-15(24-2)16(25-3)14(22)13(20-12)17(18)23/h8-9,21-22H,4-7H2,1-3H3,(H2,18,23). The lowest BCUT2D eigenvalue weighted by atomic mass is 10.1. The summed E-state index contributed by atoms with van der Waals surface area (Å²) in [7, 11) is 2.76. The summed E-state index contributed by atoms with van der Waals surface area (Å²) in [4.78, 5) is 20.3. The Morgan fingerprint density at radius 1 is 1.31 bits per heavy atom. The quantitative estimate of drug-likeness (QED) is 0.606. The Morgan fingerprint density at radius 3 is 2.58 bits per heavy atom.